The van der Waals surface area contributed by atoms with Gasteiger partial charge < -0.3 is 10.4 Å². The number of aliphatic hydroxyl groups excluding tert-OH is 1. The fourth-order valence-electron chi connectivity index (χ4n) is 2.71. The van der Waals surface area contributed by atoms with E-state index < -0.39 is 11.7 Å². The molecular formula is C17H18F3N3O. The second kappa shape index (κ2) is 6.49. The van der Waals surface area contributed by atoms with E-state index in [9.17, 15) is 18.3 Å². The van der Waals surface area contributed by atoms with Crippen LogP contribution in [0.5, 0.6) is 0 Å². The van der Waals surface area contributed by atoms with Crippen LogP contribution in [0.25, 0.3) is 11.4 Å². The Morgan fingerprint density at radius 3 is 2.38 bits per heavy atom. The van der Waals surface area contributed by atoms with Crippen molar-refractivity contribution in [1.29, 1.82) is 0 Å². The van der Waals surface area contributed by atoms with Gasteiger partial charge in [-0.25, -0.2) is 9.97 Å². The summed E-state index contributed by atoms with van der Waals surface area (Å²) in [6.07, 6.45) is 0.185. The molecule has 0 saturated heterocycles. The molecule has 0 atom stereocenters. The average Bonchev–Trinajstić information content (AvgIpc) is 2.54. The molecule has 1 saturated carbocycles. The van der Waals surface area contributed by atoms with Crippen LogP contribution in [0.3, 0.4) is 0 Å². The molecule has 0 aliphatic heterocycles. The molecule has 128 valence electrons. The molecule has 2 N–H and O–H groups in total. The summed E-state index contributed by atoms with van der Waals surface area (Å²) in [6, 6.07) is 6.55. The highest BCUT2D eigenvalue weighted by atomic mass is 19.4. The number of hydrogen-bond donors (Lipinski definition) is 2. The van der Waals surface area contributed by atoms with Gasteiger partial charge in [0.25, 0.3) is 0 Å². The topological polar surface area (TPSA) is 58.0 Å². The minimum atomic E-state index is -4.35. The van der Waals surface area contributed by atoms with Crippen molar-refractivity contribution in [1.82, 2.24) is 15.3 Å². The van der Waals surface area contributed by atoms with Crippen molar-refractivity contribution < 1.29 is 18.3 Å². The van der Waals surface area contributed by atoms with Gasteiger partial charge in [0.1, 0.15) is 0 Å². The van der Waals surface area contributed by atoms with Crippen molar-refractivity contribution >= 4 is 0 Å². The van der Waals surface area contributed by atoms with E-state index in [1.807, 2.05) is 0 Å². The molecule has 0 bridgehead atoms. The van der Waals surface area contributed by atoms with Crippen LogP contribution in [-0.4, -0.2) is 27.2 Å². The predicted molar refractivity (Wildman–Crippen MR) is 83.0 cm³/mol. The molecule has 0 spiro atoms. The first-order valence-corrected chi connectivity index (χ1v) is 7.77. The van der Waals surface area contributed by atoms with Crippen molar-refractivity contribution in [2.24, 2.45) is 0 Å². The van der Waals surface area contributed by atoms with Gasteiger partial charge in [-0.2, -0.15) is 13.2 Å². The molecule has 0 amide bonds. The summed E-state index contributed by atoms with van der Waals surface area (Å²) in [4.78, 5) is 8.52. The largest absolute Gasteiger partial charge is 0.416 e. The zero-order valence-electron chi connectivity index (χ0n) is 13.0. The van der Waals surface area contributed by atoms with Crippen LogP contribution in [-0.2, 0) is 12.7 Å². The Kier molecular flexibility index (Phi) is 4.56. The van der Waals surface area contributed by atoms with Gasteiger partial charge in [-0.05, 0) is 37.5 Å². The lowest BCUT2D eigenvalue weighted by Crippen LogP contribution is -2.53. The summed E-state index contributed by atoms with van der Waals surface area (Å²) in [5, 5.41) is 12.8. The highest BCUT2D eigenvalue weighted by molar-refractivity contribution is 5.55. The number of nitrogens with zero attached hydrogens (tertiary/aromatic N) is 2. The molecule has 4 nitrogen and oxygen atoms in total. The number of aliphatic hydroxyl groups is 1. The molecule has 7 heteroatoms. The Labute approximate surface area is 137 Å². The van der Waals surface area contributed by atoms with Crippen molar-refractivity contribution in [3.8, 4) is 11.4 Å². The number of aromatic nitrogens is 2. The molecule has 3 rings (SSSR count). The molecule has 1 aliphatic rings. The van der Waals surface area contributed by atoms with E-state index in [1.54, 1.807) is 12.3 Å². The Morgan fingerprint density at radius 1 is 1.12 bits per heavy atom. The molecule has 24 heavy (non-hydrogen) atoms. The quantitative estimate of drug-likeness (QED) is 0.880. The van der Waals surface area contributed by atoms with E-state index in [2.05, 4.69) is 15.3 Å². The van der Waals surface area contributed by atoms with Gasteiger partial charge in [0.05, 0.1) is 17.9 Å². The van der Waals surface area contributed by atoms with Crippen molar-refractivity contribution in [3.05, 3.63) is 47.8 Å². The number of nitrogens with one attached hydrogen (secondary N) is 1. The minimum Gasteiger partial charge on any atom is -0.394 e. The first-order chi connectivity index (χ1) is 11.4. The van der Waals surface area contributed by atoms with Crippen LogP contribution in [0.1, 0.15) is 30.5 Å². The molecule has 1 heterocycles. The van der Waals surface area contributed by atoms with Gasteiger partial charge in [0.2, 0.25) is 0 Å². The monoisotopic (exact) mass is 337 g/mol. The first-order valence-electron chi connectivity index (χ1n) is 7.77. The zero-order chi connectivity index (χ0) is 17.2. The molecule has 1 aliphatic carbocycles. The lowest BCUT2D eigenvalue weighted by atomic mass is 9.77. The van der Waals surface area contributed by atoms with E-state index in [0.717, 1.165) is 37.1 Å². The third-order valence-corrected chi connectivity index (χ3v) is 4.44. The van der Waals surface area contributed by atoms with Crippen molar-refractivity contribution in [3.63, 3.8) is 0 Å². The molecule has 1 fully saturated rings. The van der Waals surface area contributed by atoms with E-state index >= 15 is 0 Å². The summed E-state index contributed by atoms with van der Waals surface area (Å²) in [5.41, 5.74) is 0.350. The molecule has 1 aromatic heterocycles. The number of halogens is 3. The fourth-order valence-corrected chi connectivity index (χ4v) is 2.71. The van der Waals surface area contributed by atoms with Gasteiger partial charge in [0, 0.05) is 23.8 Å². The number of benzene rings is 1. The Bertz CT molecular complexity index is 691. The normalized spacial score (nSPS) is 16.7. The van der Waals surface area contributed by atoms with E-state index in [0.29, 0.717) is 17.9 Å². The highest BCUT2D eigenvalue weighted by Crippen LogP contribution is 2.32. The Hall–Kier alpha value is -1.99. The molecular weight excluding hydrogens is 319 g/mol. The van der Waals surface area contributed by atoms with Gasteiger partial charge >= 0.3 is 6.18 Å². The maximum absolute atomic E-state index is 12.6. The number of hydrogen-bond acceptors (Lipinski definition) is 4. The number of alkyl halides is 3. The SMILES string of the molecule is OCC1(NCc2ccnc(-c3ccc(C(F)(F)F)cc3)n2)CCC1. The molecule has 2 aromatic rings. The molecule has 0 radical (unpaired) electrons. The second-order valence-corrected chi connectivity index (χ2v) is 6.09. The highest BCUT2D eigenvalue weighted by Gasteiger charge is 2.35. The summed E-state index contributed by atoms with van der Waals surface area (Å²) in [6.45, 7) is 0.570. The summed E-state index contributed by atoms with van der Waals surface area (Å²) >= 11 is 0. The number of rotatable bonds is 5. The molecule has 0 unspecified atom stereocenters. The minimum absolute atomic E-state index is 0.0871. The maximum atomic E-state index is 12.6. The standard InChI is InChI=1S/C17H18F3N3O/c18-17(19,20)13-4-2-12(3-5-13)15-21-9-6-14(23-15)10-22-16(11-24)7-1-8-16/h2-6,9,22,24H,1,7-8,10-11H2. The maximum Gasteiger partial charge on any atom is 0.416 e. The van der Waals surface area contributed by atoms with Gasteiger partial charge in [-0.15, -0.1) is 0 Å². The van der Waals surface area contributed by atoms with Crippen LogP contribution < -0.4 is 5.32 Å². The summed E-state index contributed by atoms with van der Waals surface area (Å²) < 4.78 is 37.8. The van der Waals surface area contributed by atoms with Gasteiger partial charge in [-0.3, -0.25) is 0 Å². The zero-order valence-corrected chi connectivity index (χ0v) is 13.0. The van der Waals surface area contributed by atoms with Gasteiger partial charge in [-0.1, -0.05) is 12.1 Å². The second-order valence-electron chi connectivity index (χ2n) is 6.09. The molecule has 1 aromatic carbocycles. The van der Waals surface area contributed by atoms with E-state index in [4.69, 9.17) is 0 Å². The predicted octanol–water partition coefficient (Wildman–Crippen LogP) is 3.17. The lowest BCUT2D eigenvalue weighted by Gasteiger charge is -2.41. The van der Waals surface area contributed by atoms with Crippen LogP contribution in [0.2, 0.25) is 0 Å². The van der Waals surface area contributed by atoms with E-state index in [-0.39, 0.29) is 12.1 Å². The Morgan fingerprint density at radius 2 is 1.83 bits per heavy atom. The van der Waals surface area contributed by atoms with Crippen LogP contribution in [0.15, 0.2) is 36.5 Å². The smallest absolute Gasteiger partial charge is 0.394 e. The average molecular weight is 337 g/mol. The Balaban J connectivity index is 1.73. The third-order valence-electron chi connectivity index (χ3n) is 4.44. The van der Waals surface area contributed by atoms with Crippen LogP contribution in [0, 0.1) is 0 Å². The fraction of sp³-hybridized carbons (Fsp3) is 0.412. The van der Waals surface area contributed by atoms with Gasteiger partial charge in [0.15, 0.2) is 5.82 Å². The lowest BCUT2D eigenvalue weighted by molar-refractivity contribution is -0.137. The van der Waals surface area contributed by atoms with E-state index in [1.165, 1.54) is 12.1 Å². The van der Waals surface area contributed by atoms with Crippen LogP contribution in [0.4, 0.5) is 13.2 Å². The first kappa shape index (κ1) is 16.9. The summed E-state index contributed by atoms with van der Waals surface area (Å²) in [7, 11) is 0. The summed E-state index contributed by atoms with van der Waals surface area (Å²) in [5.74, 6) is 0.384. The third kappa shape index (κ3) is 3.57. The van der Waals surface area contributed by atoms with Crippen molar-refractivity contribution in [2.75, 3.05) is 6.61 Å². The van der Waals surface area contributed by atoms with Crippen LogP contribution >= 0.6 is 0 Å². The van der Waals surface area contributed by atoms with Crippen molar-refractivity contribution in [2.45, 2.75) is 37.5 Å².